The van der Waals surface area contributed by atoms with Gasteiger partial charge in [-0.3, -0.25) is 0 Å². The van der Waals surface area contributed by atoms with Crippen molar-refractivity contribution in [3.63, 3.8) is 0 Å². The summed E-state index contributed by atoms with van der Waals surface area (Å²) >= 11 is 0. The van der Waals surface area contributed by atoms with Crippen LogP contribution in [0.25, 0.3) is 0 Å². The second kappa shape index (κ2) is 5.29. The first-order chi connectivity index (χ1) is 8.08. The number of aromatic carboxylic acids is 1. The number of carboxylic acid groups (broad SMARTS) is 1. The van der Waals surface area contributed by atoms with Gasteiger partial charge in [-0.2, -0.15) is 10.5 Å². The first-order valence-electron chi connectivity index (χ1n) is 4.38. The van der Waals surface area contributed by atoms with Gasteiger partial charge in [0.15, 0.2) is 0 Å². The van der Waals surface area contributed by atoms with Crippen molar-refractivity contribution in [1.29, 1.82) is 10.5 Å². The number of benzene rings is 1. The third-order valence-corrected chi connectivity index (χ3v) is 1.82. The molecule has 1 aromatic rings. The van der Waals surface area contributed by atoms with E-state index in [2.05, 4.69) is 5.32 Å². The third-order valence-electron chi connectivity index (χ3n) is 1.82. The molecule has 0 bridgehead atoms. The highest BCUT2D eigenvalue weighted by molar-refractivity contribution is 5.94. The van der Waals surface area contributed by atoms with Crippen LogP contribution < -0.4 is 5.32 Å². The van der Waals surface area contributed by atoms with Gasteiger partial charge in [0.2, 0.25) is 0 Å². The Hall–Kier alpha value is -2.86. The number of halogens is 1. The van der Waals surface area contributed by atoms with Crippen molar-refractivity contribution in [2.45, 2.75) is 0 Å². The molecule has 0 aliphatic heterocycles. The van der Waals surface area contributed by atoms with Gasteiger partial charge in [-0.15, -0.1) is 0 Å². The Morgan fingerprint density at radius 3 is 2.59 bits per heavy atom. The summed E-state index contributed by atoms with van der Waals surface area (Å²) in [5.41, 5.74) is -0.399. The lowest BCUT2D eigenvalue weighted by Gasteiger charge is -2.05. The van der Waals surface area contributed by atoms with E-state index in [1.807, 2.05) is 0 Å². The van der Waals surface area contributed by atoms with Crippen molar-refractivity contribution >= 4 is 11.7 Å². The van der Waals surface area contributed by atoms with Gasteiger partial charge in [0, 0.05) is 6.20 Å². The summed E-state index contributed by atoms with van der Waals surface area (Å²) in [5.74, 6) is -1.99. The van der Waals surface area contributed by atoms with E-state index >= 15 is 0 Å². The van der Waals surface area contributed by atoms with E-state index in [0.717, 1.165) is 18.3 Å². The molecule has 0 aliphatic rings. The average Bonchev–Trinajstić information content (AvgIpc) is 2.31. The van der Waals surface area contributed by atoms with Gasteiger partial charge in [-0.1, -0.05) is 0 Å². The number of allylic oxidation sites excluding steroid dienone is 1. The van der Waals surface area contributed by atoms with Gasteiger partial charge < -0.3 is 10.4 Å². The van der Waals surface area contributed by atoms with Crippen LogP contribution >= 0.6 is 0 Å². The molecule has 1 aromatic carbocycles. The zero-order valence-corrected chi connectivity index (χ0v) is 8.44. The second-order valence-corrected chi connectivity index (χ2v) is 2.92. The maximum Gasteiger partial charge on any atom is 0.337 e. The van der Waals surface area contributed by atoms with Gasteiger partial charge in [0.25, 0.3) is 0 Å². The van der Waals surface area contributed by atoms with Crippen molar-refractivity contribution in [2.24, 2.45) is 0 Å². The molecule has 0 spiro atoms. The van der Waals surface area contributed by atoms with Crippen LogP contribution in [0, 0.1) is 28.5 Å². The zero-order chi connectivity index (χ0) is 12.8. The smallest absolute Gasteiger partial charge is 0.337 e. The molecular weight excluding hydrogens is 225 g/mol. The summed E-state index contributed by atoms with van der Waals surface area (Å²) in [6, 6.07) is 6.32. The van der Waals surface area contributed by atoms with E-state index in [9.17, 15) is 9.18 Å². The Labute approximate surface area is 96.0 Å². The van der Waals surface area contributed by atoms with Crippen LogP contribution in [0.4, 0.5) is 10.1 Å². The van der Waals surface area contributed by atoms with Crippen LogP contribution in [0.3, 0.4) is 0 Å². The minimum atomic E-state index is -1.31. The Balaban J connectivity index is 3.09. The SMILES string of the molecule is N#CC(C#N)=CNc1ccc(F)cc1C(=O)O. The molecule has 0 aliphatic carbocycles. The van der Waals surface area contributed by atoms with Crippen molar-refractivity contribution in [2.75, 3.05) is 5.32 Å². The third kappa shape index (κ3) is 3.05. The molecule has 0 unspecified atom stereocenters. The van der Waals surface area contributed by atoms with Crippen molar-refractivity contribution in [3.8, 4) is 12.1 Å². The highest BCUT2D eigenvalue weighted by atomic mass is 19.1. The maximum absolute atomic E-state index is 12.8. The summed E-state index contributed by atoms with van der Waals surface area (Å²) in [4.78, 5) is 10.8. The summed E-state index contributed by atoms with van der Waals surface area (Å²) < 4.78 is 12.8. The standard InChI is InChI=1S/C11H6FN3O2/c12-8-1-2-10(9(3-8)11(16)17)15-6-7(4-13)5-14/h1-3,6,15H,(H,16,17). The fourth-order valence-corrected chi connectivity index (χ4v) is 1.06. The first kappa shape index (κ1) is 12.2. The fraction of sp³-hybridized carbons (Fsp3) is 0. The second-order valence-electron chi connectivity index (χ2n) is 2.92. The molecule has 0 saturated heterocycles. The normalized spacial score (nSPS) is 8.65. The molecule has 5 nitrogen and oxygen atoms in total. The molecule has 0 radical (unpaired) electrons. The maximum atomic E-state index is 12.8. The van der Waals surface area contributed by atoms with Crippen LogP contribution in [0.2, 0.25) is 0 Å². The summed E-state index contributed by atoms with van der Waals surface area (Å²) in [6.07, 6.45) is 1.06. The van der Waals surface area contributed by atoms with Gasteiger partial charge in [0.05, 0.1) is 11.3 Å². The lowest BCUT2D eigenvalue weighted by atomic mass is 10.1. The minimum Gasteiger partial charge on any atom is -0.478 e. The van der Waals surface area contributed by atoms with Crippen LogP contribution in [-0.2, 0) is 0 Å². The Kier molecular flexibility index (Phi) is 3.80. The average molecular weight is 231 g/mol. The highest BCUT2D eigenvalue weighted by Gasteiger charge is 2.10. The summed E-state index contributed by atoms with van der Waals surface area (Å²) in [6.45, 7) is 0. The number of carbonyl (C=O) groups is 1. The lowest BCUT2D eigenvalue weighted by molar-refractivity contribution is 0.0697. The molecule has 6 heteroatoms. The van der Waals surface area contributed by atoms with Crippen molar-refractivity contribution in [1.82, 2.24) is 0 Å². The van der Waals surface area contributed by atoms with E-state index in [1.54, 1.807) is 12.1 Å². The predicted molar refractivity (Wildman–Crippen MR) is 56.3 cm³/mol. The molecular formula is C11H6FN3O2. The van der Waals surface area contributed by atoms with Crippen LogP contribution in [0.15, 0.2) is 30.0 Å². The fourth-order valence-electron chi connectivity index (χ4n) is 1.06. The van der Waals surface area contributed by atoms with Gasteiger partial charge in [-0.05, 0) is 18.2 Å². The topological polar surface area (TPSA) is 96.9 Å². The van der Waals surface area contributed by atoms with Crippen LogP contribution in [0.5, 0.6) is 0 Å². The van der Waals surface area contributed by atoms with E-state index < -0.39 is 11.8 Å². The van der Waals surface area contributed by atoms with Crippen LogP contribution in [0.1, 0.15) is 10.4 Å². The van der Waals surface area contributed by atoms with E-state index in [4.69, 9.17) is 15.6 Å². The molecule has 17 heavy (non-hydrogen) atoms. The van der Waals surface area contributed by atoms with Crippen LogP contribution in [-0.4, -0.2) is 11.1 Å². The molecule has 84 valence electrons. The van der Waals surface area contributed by atoms with Crippen molar-refractivity contribution < 1.29 is 14.3 Å². The van der Waals surface area contributed by atoms with Gasteiger partial charge in [0.1, 0.15) is 23.5 Å². The lowest BCUT2D eigenvalue weighted by Crippen LogP contribution is -2.03. The quantitative estimate of drug-likeness (QED) is 0.774. The molecule has 0 aromatic heterocycles. The van der Waals surface area contributed by atoms with E-state index in [0.29, 0.717) is 0 Å². The Morgan fingerprint density at radius 1 is 1.41 bits per heavy atom. The number of hydrogen-bond donors (Lipinski definition) is 2. The minimum absolute atomic E-state index is 0.0990. The predicted octanol–water partition coefficient (Wildman–Crippen LogP) is 1.87. The number of anilines is 1. The van der Waals surface area contributed by atoms with Gasteiger partial charge >= 0.3 is 5.97 Å². The zero-order valence-electron chi connectivity index (χ0n) is 8.44. The molecule has 0 atom stereocenters. The Morgan fingerprint density at radius 2 is 2.06 bits per heavy atom. The molecule has 0 heterocycles. The number of rotatable bonds is 3. The summed E-state index contributed by atoms with van der Waals surface area (Å²) in [7, 11) is 0. The molecule has 0 saturated carbocycles. The van der Waals surface area contributed by atoms with E-state index in [1.165, 1.54) is 6.07 Å². The number of hydrogen-bond acceptors (Lipinski definition) is 4. The monoisotopic (exact) mass is 231 g/mol. The highest BCUT2D eigenvalue weighted by Crippen LogP contribution is 2.17. The molecule has 0 fully saturated rings. The summed E-state index contributed by atoms with van der Waals surface area (Å²) in [5, 5.41) is 28.2. The van der Waals surface area contributed by atoms with E-state index in [-0.39, 0.29) is 16.8 Å². The van der Waals surface area contributed by atoms with Crippen molar-refractivity contribution in [3.05, 3.63) is 41.4 Å². The number of nitriles is 2. The Bertz CT molecular complexity index is 551. The largest absolute Gasteiger partial charge is 0.478 e. The number of carboxylic acids is 1. The number of nitrogens with one attached hydrogen (secondary N) is 1. The molecule has 0 amide bonds. The first-order valence-corrected chi connectivity index (χ1v) is 4.38. The van der Waals surface area contributed by atoms with Gasteiger partial charge in [-0.25, -0.2) is 9.18 Å². The number of nitrogens with zero attached hydrogens (tertiary/aromatic N) is 2. The molecule has 1 rings (SSSR count). The molecule has 2 N–H and O–H groups in total.